The summed E-state index contributed by atoms with van der Waals surface area (Å²) in [5.74, 6) is -0.415. The zero-order chi connectivity index (χ0) is 30.2. The van der Waals surface area contributed by atoms with Crippen LogP contribution in [0.1, 0.15) is 93.7 Å². The Morgan fingerprint density at radius 3 is 2.43 bits per heavy atom. The van der Waals surface area contributed by atoms with Crippen LogP contribution in [0, 0.1) is 5.82 Å². The summed E-state index contributed by atoms with van der Waals surface area (Å²) in [4.78, 5) is 2.36. The molecule has 0 spiro atoms. The maximum atomic E-state index is 13.6. The number of phenolic OH excluding ortho intramolecular Hbond substituents is 1. The highest BCUT2D eigenvalue weighted by Gasteiger charge is 2.29. The molecule has 1 aliphatic carbocycles. The lowest BCUT2D eigenvalue weighted by Crippen LogP contribution is -2.32. The molecule has 0 amide bonds. The third kappa shape index (κ3) is 9.83. The molecule has 0 radical (unpaired) electrons. The quantitative estimate of drug-likeness (QED) is 0.173. The Balaban J connectivity index is 1.27. The van der Waals surface area contributed by atoms with Crippen LogP contribution >= 0.6 is 0 Å². The van der Waals surface area contributed by atoms with Gasteiger partial charge in [-0.3, -0.25) is 0 Å². The Hall–Kier alpha value is -2.39. The summed E-state index contributed by atoms with van der Waals surface area (Å²) in [6, 6.07) is 12.5. The van der Waals surface area contributed by atoms with Gasteiger partial charge in [0.05, 0.1) is 11.5 Å². The van der Waals surface area contributed by atoms with Crippen LogP contribution in [-0.2, 0) is 16.3 Å². The Labute approximate surface area is 247 Å². The number of sulfone groups is 1. The number of phenols is 1. The second kappa shape index (κ2) is 14.9. The topological polar surface area (TPSA) is 57.6 Å². The van der Waals surface area contributed by atoms with E-state index >= 15 is 0 Å². The molecular formula is C33H43F4NO3S. The van der Waals surface area contributed by atoms with Gasteiger partial charge in [-0.05, 0) is 129 Å². The van der Waals surface area contributed by atoms with Gasteiger partial charge >= 0.3 is 6.18 Å². The highest BCUT2D eigenvalue weighted by Crippen LogP contribution is 2.39. The maximum Gasteiger partial charge on any atom is 0.389 e. The molecule has 1 aliphatic heterocycles. The van der Waals surface area contributed by atoms with Crippen LogP contribution in [0.25, 0.3) is 11.1 Å². The fourth-order valence-corrected chi connectivity index (χ4v) is 7.92. The molecule has 232 valence electrons. The largest absolute Gasteiger partial charge is 0.508 e. The van der Waals surface area contributed by atoms with E-state index in [1.807, 2.05) is 24.3 Å². The first-order chi connectivity index (χ1) is 20.0. The number of fused-ring (bicyclic) bond motifs is 1. The van der Waals surface area contributed by atoms with Crippen molar-refractivity contribution in [3.05, 3.63) is 65.0 Å². The van der Waals surface area contributed by atoms with Crippen molar-refractivity contribution in [3.8, 4) is 5.75 Å². The summed E-state index contributed by atoms with van der Waals surface area (Å²) < 4.78 is 75.3. The summed E-state index contributed by atoms with van der Waals surface area (Å²) in [6.07, 6.45) is 4.54. The Kier molecular flexibility index (Phi) is 11.5. The molecule has 0 unspecified atom stereocenters. The van der Waals surface area contributed by atoms with Gasteiger partial charge in [-0.1, -0.05) is 31.0 Å². The Morgan fingerprint density at radius 2 is 1.67 bits per heavy atom. The summed E-state index contributed by atoms with van der Waals surface area (Å²) in [6.45, 7) is 1.85. The SMILES string of the molecule is O=S(=O)(CCCC(F)(F)F)CC[C@H]1CCCN1CCCCCCC1=C(c2ccc(F)cc2)CCCc2cc(O)ccc21. The standard InChI is InChI=1S/C33H43F4NO3S/c34-27-14-12-25(13-15-27)30-11-5-8-26-24-29(39)16-17-31(26)32(30)10-3-1-2-4-20-38-21-6-9-28(38)18-23-42(40,41)22-7-19-33(35,36)37/h12-17,24,28,39H,1-11,18-23H2/t28-/m1/s1. The van der Waals surface area contributed by atoms with E-state index in [-0.39, 0.29) is 29.8 Å². The third-order valence-electron chi connectivity index (χ3n) is 8.64. The van der Waals surface area contributed by atoms with Crippen molar-refractivity contribution in [1.82, 2.24) is 4.90 Å². The van der Waals surface area contributed by atoms with Crippen LogP contribution in [0.3, 0.4) is 0 Å². The van der Waals surface area contributed by atoms with Crippen molar-refractivity contribution in [3.63, 3.8) is 0 Å². The molecule has 1 N–H and O–H groups in total. The number of allylic oxidation sites excluding steroid dienone is 2. The average Bonchev–Trinajstić information content (AvgIpc) is 3.30. The molecule has 1 fully saturated rings. The minimum Gasteiger partial charge on any atom is -0.508 e. The van der Waals surface area contributed by atoms with Gasteiger partial charge in [-0.2, -0.15) is 13.2 Å². The van der Waals surface area contributed by atoms with Crippen LogP contribution in [0.5, 0.6) is 5.75 Å². The van der Waals surface area contributed by atoms with Crippen LogP contribution < -0.4 is 0 Å². The molecule has 4 rings (SSSR count). The van der Waals surface area contributed by atoms with Gasteiger partial charge in [-0.25, -0.2) is 12.8 Å². The van der Waals surface area contributed by atoms with Crippen molar-refractivity contribution in [1.29, 1.82) is 0 Å². The maximum absolute atomic E-state index is 13.6. The molecule has 0 bridgehead atoms. The zero-order valence-corrected chi connectivity index (χ0v) is 25.1. The predicted octanol–water partition coefficient (Wildman–Crippen LogP) is 8.34. The minimum absolute atomic E-state index is 0.0449. The second-order valence-electron chi connectivity index (χ2n) is 11.8. The first kappa shape index (κ1) is 32.5. The second-order valence-corrected chi connectivity index (χ2v) is 14.1. The number of unbranched alkanes of at least 4 members (excludes halogenated alkanes) is 3. The number of hydrogen-bond donors (Lipinski definition) is 1. The summed E-state index contributed by atoms with van der Waals surface area (Å²) in [5, 5.41) is 10.1. The average molecular weight is 610 g/mol. The number of halogens is 4. The van der Waals surface area contributed by atoms with Crippen LogP contribution in [0.2, 0.25) is 0 Å². The van der Waals surface area contributed by atoms with Crippen LogP contribution in [-0.4, -0.2) is 55.2 Å². The van der Waals surface area contributed by atoms with Crippen molar-refractivity contribution in [2.24, 2.45) is 0 Å². The summed E-state index contributed by atoms with van der Waals surface area (Å²) in [5.41, 5.74) is 5.93. The molecular weight excluding hydrogens is 566 g/mol. The number of aryl methyl sites for hydroxylation is 1. The number of likely N-dealkylation sites (tertiary alicyclic amines) is 1. The fraction of sp³-hybridized carbons (Fsp3) is 0.576. The van der Waals surface area contributed by atoms with Gasteiger partial charge in [0, 0.05) is 12.5 Å². The van der Waals surface area contributed by atoms with E-state index < -0.39 is 28.2 Å². The molecule has 0 saturated carbocycles. The van der Waals surface area contributed by atoms with Gasteiger partial charge in [0.2, 0.25) is 0 Å². The van der Waals surface area contributed by atoms with E-state index in [9.17, 15) is 31.1 Å². The zero-order valence-electron chi connectivity index (χ0n) is 24.3. The van der Waals surface area contributed by atoms with E-state index in [4.69, 9.17) is 0 Å². The first-order valence-corrected chi connectivity index (χ1v) is 17.1. The number of hydrogen-bond acceptors (Lipinski definition) is 4. The van der Waals surface area contributed by atoms with Crippen molar-refractivity contribution >= 4 is 21.0 Å². The number of nitrogens with zero attached hydrogens (tertiary/aromatic N) is 1. The van der Waals surface area contributed by atoms with E-state index in [0.717, 1.165) is 88.4 Å². The van der Waals surface area contributed by atoms with E-state index in [1.165, 1.54) is 28.8 Å². The molecule has 1 saturated heterocycles. The highest BCUT2D eigenvalue weighted by molar-refractivity contribution is 7.91. The van der Waals surface area contributed by atoms with E-state index in [0.29, 0.717) is 6.42 Å². The normalized spacial score (nSPS) is 18.3. The lowest BCUT2D eigenvalue weighted by Gasteiger charge is -2.24. The smallest absolute Gasteiger partial charge is 0.389 e. The van der Waals surface area contributed by atoms with Gasteiger partial charge in [-0.15, -0.1) is 0 Å². The van der Waals surface area contributed by atoms with Crippen molar-refractivity contribution in [2.45, 2.75) is 95.7 Å². The van der Waals surface area contributed by atoms with Gasteiger partial charge in [0.1, 0.15) is 21.4 Å². The predicted molar refractivity (Wildman–Crippen MR) is 160 cm³/mol. The van der Waals surface area contributed by atoms with Crippen molar-refractivity contribution in [2.75, 3.05) is 24.6 Å². The van der Waals surface area contributed by atoms with Gasteiger partial charge < -0.3 is 10.0 Å². The lowest BCUT2D eigenvalue weighted by molar-refractivity contribution is -0.134. The molecule has 2 aliphatic rings. The summed E-state index contributed by atoms with van der Waals surface area (Å²) >= 11 is 0. The van der Waals surface area contributed by atoms with Gasteiger partial charge in [0.25, 0.3) is 0 Å². The molecule has 42 heavy (non-hydrogen) atoms. The molecule has 2 aromatic carbocycles. The number of aromatic hydroxyl groups is 1. The molecule has 0 aromatic heterocycles. The number of alkyl halides is 3. The summed E-state index contributed by atoms with van der Waals surface area (Å²) in [7, 11) is -3.47. The minimum atomic E-state index is -4.32. The number of rotatable bonds is 14. The Bertz CT molecular complexity index is 1310. The molecule has 1 atom stereocenters. The number of benzene rings is 2. The molecule has 9 heteroatoms. The van der Waals surface area contributed by atoms with Crippen LogP contribution in [0.15, 0.2) is 42.5 Å². The highest BCUT2D eigenvalue weighted by atomic mass is 32.2. The van der Waals surface area contributed by atoms with E-state index in [1.54, 1.807) is 6.07 Å². The monoisotopic (exact) mass is 609 g/mol. The Morgan fingerprint density at radius 1 is 0.905 bits per heavy atom. The molecule has 2 aromatic rings. The van der Waals surface area contributed by atoms with Crippen molar-refractivity contribution < 1.29 is 31.1 Å². The first-order valence-electron chi connectivity index (χ1n) is 15.3. The molecule has 1 heterocycles. The van der Waals surface area contributed by atoms with Gasteiger partial charge in [0.15, 0.2) is 0 Å². The van der Waals surface area contributed by atoms with Crippen LogP contribution in [0.4, 0.5) is 17.6 Å². The molecule has 4 nitrogen and oxygen atoms in total. The van der Waals surface area contributed by atoms with E-state index in [2.05, 4.69) is 4.90 Å². The fourth-order valence-electron chi connectivity index (χ4n) is 6.50. The third-order valence-corrected chi connectivity index (χ3v) is 10.4. The lowest BCUT2D eigenvalue weighted by atomic mass is 9.89.